The van der Waals surface area contributed by atoms with E-state index in [9.17, 15) is 9.90 Å². The fourth-order valence-corrected chi connectivity index (χ4v) is 3.94. The van der Waals surface area contributed by atoms with Gasteiger partial charge in [0.05, 0.1) is 25.3 Å². The summed E-state index contributed by atoms with van der Waals surface area (Å²) in [5, 5.41) is 12.6. The molecule has 0 saturated heterocycles. The Balaban J connectivity index is 1.90. The highest BCUT2D eigenvalue weighted by atomic mass is 16.5. The lowest BCUT2D eigenvalue weighted by atomic mass is 9.89. The molecule has 1 aliphatic rings. The molecule has 0 aliphatic carbocycles. The maximum absolute atomic E-state index is 12.6. The fraction of sp³-hybridized carbons (Fsp3) is 0.130. The highest BCUT2D eigenvalue weighted by molar-refractivity contribution is 6.12. The van der Waals surface area contributed by atoms with Crippen LogP contribution < -0.4 is 9.47 Å². The Morgan fingerprint density at radius 3 is 2.55 bits per heavy atom. The number of cyclic esters (lactones) is 1. The molecule has 4 aromatic rings. The van der Waals surface area contributed by atoms with Crippen LogP contribution in [0.25, 0.3) is 32.8 Å². The first-order chi connectivity index (χ1) is 14.1. The molecule has 0 radical (unpaired) electrons. The Kier molecular flexibility index (Phi) is 3.81. The van der Waals surface area contributed by atoms with E-state index < -0.39 is 0 Å². The van der Waals surface area contributed by atoms with Crippen molar-refractivity contribution >= 4 is 27.6 Å². The van der Waals surface area contributed by atoms with Crippen molar-refractivity contribution in [1.82, 2.24) is 4.98 Å². The van der Waals surface area contributed by atoms with Crippen LogP contribution in [0.4, 0.5) is 0 Å². The monoisotopic (exact) mass is 387 g/mol. The van der Waals surface area contributed by atoms with Crippen molar-refractivity contribution in [1.29, 1.82) is 0 Å². The van der Waals surface area contributed by atoms with E-state index in [0.29, 0.717) is 28.0 Å². The summed E-state index contributed by atoms with van der Waals surface area (Å²) in [5.41, 5.74) is 3.56. The topological polar surface area (TPSA) is 77.9 Å². The molecule has 6 heteroatoms. The number of hydrogen-bond acceptors (Lipinski definition) is 6. The minimum absolute atomic E-state index is 0.135. The molecule has 0 amide bonds. The molecule has 0 fully saturated rings. The van der Waals surface area contributed by atoms with Crippen molar-refractivity contribution < 1.29 is 24.1 Å². The SMILES string of the molecule is COc1cc2cc3c(c(-c4ccc5nccc(O)c5c4)c2cc1OC)C(=O)OC3. The molecule has 3 aromatic carbocycles. The second-order valence-electron chi connectivity index (χ2n) is 6.85. The Hall–Kier alpha value is -3.80. The number of carbonyl (C=O) groups is 1. The number of nitrogens with zero attached hydrogens (tertiary/aromatic N) is 1. The van der Waals surface area contributed by atoms with Gasteiger partial charge < -0.3 is 19.3 Å². The average Bonchev–Trinajstić information content (AvgIpc) is 3.11. The fourth-order valence-electron chi connectivity index (χ4n) is 3.94. The average molecular weight is 387 g/mol. The zero-order valence-electron chi connectivity index (χ0n) is 15.9. The summed E-state index contributed by atoms with van der Waals surface area (Å²) in [7, 11) is 3.16. The van der Waals surface area contributed by atoms with Crippen LogP contribution >= 0.6 is 0 Å². The Morgan fingerprint density at radius 2 is 1.76 bits per heavy atom. The van der Waals surface area contributed by atoms with E-state index in [4.69, 9.17) is 14.2 Å². The van der Waals surface area contributed by atoms with E-state index >= 15 is 0 Å². The molecule has 1 aliphatic heterocycles. The van der Waals surface area contributed by atoms with Gasteiger partial charge in [0.2, 0.25) is 0 Å². The number of pyridine rings is 1. The summed E-state index contributed by atoms with van der Waals surface area (Å²) in [6.45, 7) is 0.228. The number of aromatic hydroxyl groups is 1. The summed E-state index contributed by atoms with van der Waals surface area (Å²) in [4.78, 5) is 16.9. The molecule has 5 rings (SSSR count). The Bertz CT molecular complexity index is 1310. The van der Waals surface area contributed by atoms with Crippen molar-refractivity contribution in [2.45, 2.75) is 6.61 Å². The van der Waals surface area contributed by atoms with Gasteiger partial charge in [-0.2, -0.15) is 0 Å². The van der Waals surface area contributed by atoms with Gasteiger partial charge in [-0.05, 0) is 52.7 Å². The number of ether oxygens (including phenoxy) is 3. The number of fused-ring (bicyclic) bond motifs is 3. The van der Waals surface area contributed by atoms with Crippen molar-refractivity contribution in [3.8, 4) is 28.4 Å². The van der Waals surface area contributed by atoms with Gasteiger partial charge >= 0.3 is 5.97 Å². The summed E-state index contributed by atoms with van der Waals surface area (Å²) < 4.78 is 16.2. The summed E-state index contributed by atoms with van der Waals surface area (Å²) in [6, 6.07) is 12.8. The predicted molar refractivity (Wildman–Crippen MR) is 109 cm³/mol. The minimum atomic E-state index is -0.359. The standard InChI is InChI=1S/C23H17NO5/c1-27-19-9-13-7-14-11-29-23(26)22(14)21(15(13)10-20(19)28-2)12-3-4-17-16(8-12)18(25)5-6-24-17/h3-10H,11H2,1-2H3,(H,24,25). The van der Waals surface area contributed by atoms with Crippen molar-refractivity contribution in [2.75, 3.05) is 14.2 Å². The number of esters is 1. The van der Waals surface area contributed by atoms with E-state index in [1.807, 2.05) is 36.4 Å². The summed E-state index contributed by atoms with van der Waals surface area (Å²) in [6.07, 6.45) is 1.56. The molecule has 1 N–H and O–H groups in total. The molecule has 0 unspecified atom stereocenters. The van der Waals surface area contributed by atoms with Crippen LogP contribution in [0.5, 0.6) is 17.2 Å². The highest BCUT2D eigenvalue weighted by Gasteiger charge is 2.28. The number of rotatable bonds is 3. The Morgan fingerprint density at radius 1 is 0.966 bits per heavy atom. The van der Waals surface area contributed by atoms with E-state index in [-0.39, 0.29) is 18.3 Å². The van der Waals surface area contributed by atoms with Crippen LogP contribution in [-0.4, -0.2) is 30.3 Å². The number of methoxy groups -OCH3 is 2. The molecule has 0 atom stereocenters. The summed E-state index contributed by atoms with van der Waals surface area (Å²) in [5.74, 6) is 0.951. The molecule has 144 valence electrons. The van der Waals surface area contributed by atoms with E-state index in [2.05, 4.69) is 4.98 Å². The minimum Gasteiger partial charge on any atom is -0.507 e. The maximum atomic E-state index is 12.6. The third-order valence-corrected chi connectivity index (χ3v) is 5.30. The molecule has 1 aromatic heterocycles. The quantitative estimate of drug-likeness (QED) is 0.524. The maximum Gasteiger partial charge on any atom is 0.339 e. The van der Waals surface area contributed by atoms with E-state index in [1.54, 1.807) is 26.5 Å². The van der Waals surface area contributed by atoms with Crippen molar-refractivity contribution in [3.63, 3.8) is 0 Å². The van der Waals surface area contributed by atoms with Crippen molar-refractivity contribution in [3.05, 3.63) is 59.8 Å². The zero-order chi connectivity index (χ0) is 20.1. The van der Waals surface area contributed by atoms with Crippen LogP contribution in [-0.2, 0) is 11.3 Å². The van der Waals surface area contributed by atoms with Gasteiger partial charge in [-0.25, -0.2) is 4.79 Å². The summed E-state index contributed by atoms with van der Waals surface area (Å²) >= 11 is 0. The van der Waals surface area contributed by atoms with Crippen LogP contribution in [0.1, 0.15) is 15.9 Å². The van der Waals surface area contributed by atoms with Crippen LogP contribution in [0, 0.1) is 0 Å². The molecule has 0 spiro atoms. The predicted octanol–water partition coefficient (Wildman–Crippen LogP) is 4.45. The van der Waals surface area contributed by atoms with Gasteiger partial charge in [0.1, 0.15) is 12.4 Å². The lowest BCUT2D eigenvalue weighted by Gasteiger charge is -2.15. The first kappa shape index (κ1) is 17.3. The van der Waals surface area contributed by atoms with Gasteiger partial charge in [-0.3, -0.25) is 4.98 Å². The highest BCUT2D eigenvalue weighted by Crippen LogP contribution is 2.43. The molecule has 2 heterocycles. The molecule has 0 bridgehead atoms. The molecule has 6 nitrogen and oxygen atoms in total. The normalized spacial score (nSPS) is 12.8. The van der Waals surface area contributed by atoms with Gasteiger partial charge in [0.15, 0.2) is 11.5 Å². The number of aromatic nitrogens is 1. The number of benzene rings is 3. The zero-order valence-corrected chi connectivity index (χ0v) is 15.9. The second kappa shape index (κ2) is 6.38. The van der Waals surface area contributed by atoms with E-state index in [0.717, 1.165) is 27.5 Å². The molecule has 29 heavy (non-hydrogen) atoms. The molecule has 0 saturated carbocycles. The van der Waals surface area contributed by atoms with Crippen LogP contribution in [0.3, 0.4) is 0 Å². The first-order valence-corrected chi connectivity index (χ1v) is 9.07. The lowest BCUT2D eigenvalue weighted by molar-refractivity contribution is 0.0535. The van der Waals surface area contributed by atoms with Crippen LogP contribution in [0.15, 0.2) is 48.7 Å². The number of hydrogen-bond donors (Lipinski definition) is 1. The third kappa shape index (κ3) is 2.56. The molecular weight excluding hydrogens is 370 g/mol. The lowest BCUT2D eigenvalue weighted by Crippen LogP contribution is -2.00. The van der Waals surface area contributed by atoms with E-state index in [1.165, 1.54) is 0 Å². The Labute approximate surface area is 166 Å². The number of carbonyl (C=O) groups excluding carboxylic acids is 1. The first-order valence-electron chi connectivity index (χ1n) is 9.07. The van der Waals surface area contributed by atoms with Crippen LogP contribution in [0.2, 0.25) is 0 Å². The molecular formula is C23H17NO5. The van der Waals surface area contributed by atoms with Gasteiger partial charge in [-0.1, -0.05) is 6.07 Å². The van der Waals surface area contributed by atoms with Crippen molar-refractivity contribution in [2.24, 2.45) is 0 Å². The van der Waals surface area contributed by atoms with Gasteiger partial charge in [-0.15, -0.1) is 0 Å². The third-order valence-electron chi connectivity index (χ3n) is 5.30. The largest absolute Gasteiger partial charge is 0.507 e. The van der Waals surface area contributed by atoms with Gasteiger partial charge in [0, 0.05) is 22.7 Å². The van der Waals surface area contributed by atoms with Gasteiger partial charge in [0.25, 0.3) is 0 Å². The second-order valence-corrected chi connectivity index (χ2v) is 6.85. The smallest absolute Gasteiger partial charge is 0.339 e.